The average molecular weight is 466 g/mol. The summed E-state index contributed by atoms with van der Waals surface area (Å²) in [4.78, 5) is 41.1. The number of rotatable bonds is 9. The van der Waals surface area contributed by atoms with E-state index in [2.05, 4.69) is 27.9 Å². The minimum Gasteiger partial charge on any atom is -0.351 e. The fraction of sp³-hybridized carbons (Fsp3) is 0.538. The van der Waals surface area contributed by atoms with Gasteiger partial charge in [-0.1, -0.05) is 50.1 Å². The number of hydrogen-bond acceptors (Lipinski definition) is 4. The molecule has 1 atom stereocenters. The lowest BCUT2D eigenvalue weighted by molar-refractivity contribution is -0.133. The van der Waals surface area contributed by atoms with Crippen LogP contribution in [-0.4, -0.2) is 57.1 Å². The van der Waals surface area contributed by atoms with Gasteiger partial charge < -0.3 is 15.5 Å². The van der Waals surface area contributed by atoms with E-state index in [9.17, 15) is 14.4 Å². The Bertz CT molecular complexity index is 1030. The molecule has 0 saturated heterocycles. The first-order valence-corrected chi connectivity index (χ1v) is 12.5. The summed E-state index contributed by atoms with van der Waals surface area (Å²) in [5.41, 5.74) is 0.748. The highest BCUT2D eigenvalue weighted by Crippen LogP contribution is 2.29. The van der Waals surface area contributed by atoms with Crippen LogP contribution in [0.4, 0.5) is 0 Å². The maximum absolute atomic E-state index is 13.4. The SMILES string of the molecule is CCCN1C(=O)c2cc(C(=O)NCCCc3ccccc3)nn2C[C@@]1(C)C(=O)NC1CCCC1. The Balaban J connectivity index is 1.44. The quantitative estimate of drug-likeness (QED) is 0.557. The van der Waals surface area contributed by atoms with Crippen LogP contribution in [0.3, 0.4) is 0 Å². The Labute approximate surface area is 201 Å². The number of aryl methyl sites for hydroxylation is 1. The average Bonchev–Trinajstić information content (AvgIpc) is 3.50. The Kier molecular flexibility index (Phi) is 7.34. The number of amides is 3. The molecule has 1 aromatic heterocycles. The van der Waals surface area contributed by atoms with Gasteiger partial charge in [-0.3, -0.25) is 19.1 Å². The first kappa shape index (κ1) is 24.0. The first-order chi connectivity index (χ1) is 16.4. The maximum Gasteiger partial charge on any atom is 0.273 e. The zero-order valence-corrected chi connectivity index (χ0v) is 20.2. The van der Waals surface area contributed by atoms with Gasteiger partial charge in [0.05, 0.1) is 6.54 Å². The summed E-state index contributed by atoms with van der Waals surface area (Å²) in [6, 6.07) is 11.8. The van der Waals surface area contributed by atoms with Gasteiger partial charge in [-0.2, -0.15) is 5.10 Å². The van der Waals surface area contributed by atoms with Crippen LogP contribution in [0.25, 0.3) is 0 Å². The van der Waals surface area contributed by atoms with Crippen LogP contribution in [0.15, 0.2) is 36.4 Å². The first-order valence-electron chi connectivity index (χ1n) is 12.5. The third-order valence-corrected chi connectivity index (χ3v) is 6.93. The number of fused-ring (bicyclic) bond motifs is 1. The predicted octanol–water partition coefficient (Wildman–Crippen LogP) is 2.93. The van der Waals surface area contributed by atoms with Crippen molar-refractivity contribution in [2.45, 2.75) is 76.9 Å². The van der Waals surface area contributed by atoms with Gasteiger partial charge in [-0.15, -0.1) is 0 Å². The van der Waals surface area contributed by atoms with Gasteiger partial charge in [0, 0.05) is 25.2 Å². The number of nitrogens with one attached hydrogen (secondary N) is 2. The van der Waals surface area contributed by atoms with Crippen LogP contribution in [0.1, 0.15) is 78.9 Å². The molecule has 2 N–H and O–H groups in total. The van der Waals surface area contributed by atoms with Crippen molar-refractivity contribution in [2.75, 3.05) is 13.1 Å². The lowest BCUT2D eigenvalue weighted by atomic mass is 9.94. The monoisotopic (exact) mass is 465 g/mol. The van der Waals surface area contributed by atoms with Crippen LogP contribution in [0.2, 0.25) is 0 Å². The number of nitrogens with zero attached hydrogens (tertiary/aromatic N) is 3. The summed E-state index contributed by atoms with van der Waals surface area (Å²) < 4.78 is 1.53. The lowest BCUT2D eigenvalue weighted by Gasteiger charge is -2.43. The third-order valence-electron chi connectivity index (χ3n) is 6.93. The molecular weight excluding hydrogens is 430 g/mol. The molecule has 1 aliphatic carbocycles. The van der Waals surface area contributed by atoms with Crippen molar-refractivity contribution in [1.29, 1.82) is 0 Å². The zero-order chi connectivity index (χ0) is 24.1. The maximum atomic E-state index is 13.4. The highest BCUT2D eigenvalue weighted by Gasteiger charge is 2.48. The molecule has 182 valence electrons. The molecule has 8 nitrogen and oxygen atoms in total. The summed E-state index contributed by atoms with van der Waals surface area (Å²) in [6.45, 7) is 5.02. The zero-order valence-electron chi connectivity index (χ0n) is 20.2. The van der Waals surface area contributed by atoms with E-state index in [0.717, 1.165) is 44.9 Å². The number of carbonyl (C=O) groups is 3. The molecule has 1 aromatic carbocycles. The summed E-state index contributed by atoms with van der Waals surface area (Å²) in [7, 11) is 0. The smallest absolute Gasteiger partial charge is 0.273 e. The minimum atomic E-state index is -1.04. The van der Waals surface area contributed by atoms with E-state index in [4.69, 9.17) is 0 Å². The van der Waals surface area contributed by atoms with Crippen molar-refractivity contribution in [3.63, 3.8) is 0 Å². The summed E-state index contributed by atoms with van der Waals surface area (Å²) in [5.74, 6) is -0.705. The molecule has 1 fully saturated rings. The molecule has 3 amide bonds. The number of hydrogen-bond donors (Lipinski definition) is 2. The van der Waals surface area contributed by atoms with Crippen molar-refractivity contribution in [2.24, 2.45) is 0 Å². The van der Waals surface area contributed by atoms with Crippen LogP contribution in [0, 0.1) is 0 Å². The molecule has 4 rings (SSSR count). The second-order valence-corrected chi connectivity index (χ2v) is 9.60. The standard InChI is InChI=1S/C26H35N5O3/c1-3-16-30-24(33)22-17-21(23(32)27-15-9-12-19-10-5-4-6-11-19)29-31(22)18-26(30,2)25(34)28-20-13-7-8-14-20/h4-6,10-11,17,20H,3,7-9,12-16,18H2,1-2H3,(H,27,32)(H,28,34)/t26-/m0/s1. The fourth-order valence-corrected chi connectivity index (χ4v) is 4.97. The van der Waals surface area contributed by atoms with Crippen molar-refractivity contribution >= 4 is 17.7 Å². The molecule has 0 bridgehead atoms. The Hall–Kier alpha value is -3.16. The van der Waals surface area contributed by atoms with Gasteiger partial charge in [-0.05, 0) is 44.6 Å². The van der Waals surface area contributed by atoms with Crippen LogP contribution in [0.5, 0.6) is 0 Å². The summed E-state index contributed by atoms with van der Waals surface area (Å²) >= 11 is 0. The van der Waals surface area contributed by atoms with Gasteiger partial charge in [0.1, 0.15) is 11.2 Å². The van der Waals surface area contributed by atoms with Crippen molar-refractivity contribution in [3.8, 4) is 0 Å². The van der Waals surface area contributed by atoms with E-state index in [-0.39, 0.29) is 36.0 Å². The normalized spacial score (nSPS) is 20.3. The van der Waals surface area contributed by atoms with Crippen molar-refractivity contribution in [3.05, 3.63) is 53.3 Å². The second kappa shape index (κ2) is 10.4. The third kappa shape index (κ3) is 5.00. The van der Waals surface area contributed by atoms with Gasteiger partial charge in [0.15, 0.2) is 5.69 Å². The molecule has 1 aliphatic heterocycles. The highest BCUT2D eigenvalue weighted by molar-refractivity contribution is 6.01. The van der Waals surface area contributed by atoms with Crippen molar-refractivity contribution in [1.82, 2.24) is 25.3 Å². The molecule has 8 heteroatoms. The minimum absolute atomic E-state index is 0.144. The number of carbonyl (C=O) groups excluding carboxylic acids is 3. The van der Waals surface area contributed by atoms with Gasteiger partial charge in [0.25, 0.3) is 11.8 Å². The fourth-order valence-electron chi connectivity index (χ4n) is 4.97. The Morgan fingerprint density at radius 2 is 1.91 bits per heavy atom. The molecule has 2 aromatic rings. The predicted molar refractivity (Wildman–Crippen MR) is 129 cm³/mol. The Morgan fingerprint density at radius 1 is 1.18 bits per heavy atom. The molecule has 1 saturated carbocycles. The molecule has 0 unspecified atom stereocenters. The largest absolute Gasteiger partial charge is 0.351 e. The van der Waals surface area contributed by atoms with Gasteiger partial charge >= 0.3 is 0 Å². The van der Waals surface area contributed by atoms with E-state index in [0.29, 0.717) is 18.8 Å². The lowest BCUT2D eigenvalue weighted by Crippen LogP contribution is -2.65. The summed E-state index contributed by atoms with van der Waals surface area (Å²) in [6.07, 6.45) is 6.61. The Morgan fingerprint density at radius 3 is 2.62 bits per heavy atom. The topological polar surface area (TPSA) is 96.3 Å². The molecule has 0 radical (unpaired) electrons. The summed E-state index contributed by atoms with van der Waals surface area (Å²) in [5, 5.41) is 10.5. The van der Waals surface area contributed by atoms with Crippen LogP contribution >= 0.6 is 0 Å². The molecule has 34 heavy (non-hydrogen) atoms. The van der Waals surface area contributed by atoms with E-state index < -0.39 is 5.54 Å². The second-order valence-electron chi connectivity index (χ2n) is 9.60. The molecule has 2 aliphatic rings. The van der Waals surface area contributed by atoms with Gasteiger partial charge in [0.2, 0.25) is 5.91 Å². The highest BCUT2D eigenvalue weighted by atomic mass is 16.2. The van der Waals surface area contributed by atoms with E-state index >= 15 is 0 Å². The van der Waals surface area contributed by atoms with E-state index in [1.165, 1.54) is 10.2 Å². The van der Waals surface area contributed by atoms with E-state index in [1.807, 2.05) is 25.1 Å². The van der Waals surface area contributed by atoms with Crippen LogP contribution in [-0.2, 0) is 17.8 Å². The number of benzene rings is 1. The van der Waals surface area contributed by atoms with Gasteiger partial charge in [-0.25, -0.2) is 0 Å². The molecule has 0 spiro atoms. The molecule has 2 heterocycles. The number of aromatic nitrogens is 2. The van der Waals surface area contributed by atoms with Crippen LogP contribution < -0.4 is 10.6 Å². The molecular formula is C26H35N5O3. The van der Waals surface area contributed by atoms with Crippen molar-refractivity contribution < 1.29 is 14.4 Å². The van der Waals surface area contributed by atoms with E-state index in [1.54, 1.807) is 17.9 Å².